The zero-order valence-electron chi connectivity index (χ0n) is 13.5. The molecule has 0 aliphatic carbocycles. The summed E-state index contributed by atoms with van der Waals surface area (Å²) >= 11 is 0. The topological polar surface area (TPSA) is 49.4 Å². The van der Waals surface area contributed by atoms with Crippen molar-refractivity contribution < 1.29 is 9.59 Å². The average Bonchev–Trinajstić information content (AvgIpc) is 2.44. The molecule has 0 radical (unpaired) electrons. The Hall–Kier alpha value is -1.84. The fourth-order valence-corrected chi connectivity index (χ4v) is 2.19. The van der Waals surface area contributed by atoms with E-state index in [1.165, 1.54) is 0 Å². The normalized spacial score (nSPS) is 10.3. The number of nitrogens with zero attached hydrogens (tertiary/aromatic N) is 1. The molecule has 0 unspecified atom stereocenters. The Balaban J connectivity index is 2.65. The zero-order chi connectivity index (χ0) is 15.8. The molecule has 4 nitrogen and oxygen atoms in total. The summed E-state index contributed by atoms with van der Waals surface area (Å²) in [4.78, 5) is 25.2. The molecule has 0 saturated carbocycles. The van der Waals surface area contributed by atoms with Gasteiger partial charge in [0.05, 0.1) is 0 Å². The maximum Gasteiger partial charge on any atom is 0.223 e. The molecular formula is C17H26N2O2. The number of rotatable bonds is 7. The van der Waals surface area contributed by atoms with Gasteiger partial charge in [0, 0.05) is 32.1 Å². The molecule has 0 heterocycles. The third-order valence-corrected chi connectivity index (χ3v) is 3.45. The summed E-state index contributed by atoms with van der Waals surface area (Å²) in [5.41, 5.74) is 3.10. The number of carbonyl (C=O) groups is 2. The SMILES string of the molecule is CCCCC(=O)NCCN(C(C)=O)c1cc(C)ccc1C. The van der Waals surface area contributed by atoms with E-state index in [4.69, 9.17) is 0 Å². The van der Waals surface area contributed by atoms with E-state index in [1.54, 1.807) is 11.8 Å². The lowest BCUT2D eigenvalue weighted by atomic mass is 10.1. The fraction of sp³-hybridized carbons (Fsp3) is 0.529. The Morgan fingerprint density at radius 2 is 1.95 bits per heavy atom. The Morgan fingerprint density at radius 3 is 2.57 bits per heavy atom. The molecule has 0 aliphatic heterocycles. The van der Waals surface area contributed by atoms with Gasteiger partial charge in [-0.25, -0.2) is 0 Å². The summed E-state index contributed by atoms with van der Waals surface area (Å²) in [5.74, 6) is 0.0489. The molecule has 0 aromatic heterocycles. The fourth-order valence-electron chi connectivity index (χ4n) is 2.19. The van der Waals surface area contributed by atoms with Gasteiger partial charge in [-0.2, -0.15) is 0 Å². The molecule has 1 N–H and O–H groups in total. The quantitative estimate of drug-likeness (QED) is 0.839. The van der Waals surface area contributed by atoms with Crippen molar-refractivity contribution in [2.75, 3.05) is 18.0 Å². The van der Waals surface area contributed by atoms with Crippen LogP contribution in [-0.4, -0.2) is 24.9 Å². The summed E-state index contributed by atoms with van der Waals surface area (Å²) in [7, 11) is 0. The second-order valence-corrected chi connectivity index (χ2v) is 5.41. The highest BCUT2D eigenvalue weighted by atomic mass is 16.2. The van der Waals surface area contributed by atoms with Crippen LogP contribution in [-0.2, 0) is 9.59 Å². The maximum atomic E-state index is 11.9. The second-order valence-electron chi connectivity index (χ2n) is 5.41. The lowest BCUT2D eigenvalue weighted by Gasteiger charge is -2.23. The van der Waals surface area contributed by atoms with Gasteiger partial charge in [-0.15, -0.1) is 0 Å². The van der Waals surface area contributed by atoms with E-state index in [2.05, 4.69) is 12.2 Å². The highest BCUT2D eigenvalue weighted by Gasteiger charge is 2.14. The minimum atomic E-state index is -0.00786. The Morgan fingerprint density at radius 1 is 1.24 bits per heavy atom. The van der Waals surface area contributed by atoms with Crippen LogP contribution in [0.15, 0.2) is 18.2 Å². The summed E-state index contributed by atoms with van der Waals surface area (Å²) in [6.07, 6.45) is 2.47. The Bertz CT molecular complexity index is 498. The summed E-state index contributed by atoms with van der Waals surface area (Å²) in [6.45, 7) is 8.59. The van der Waals surface area contributed by atoms with E-state index in [9.17, 15) is 9.59 Å². The van der Waals surface area contributed by atoms with E-state index >= 15 is 0 Å². The monoisotopic (exact) mass is 290 g/mol. The molecule has 2 amide bonds. The molecule has 1 aromatic carbocycles. The molecular weight excluding hydrogens is 264 g/mol. The average molecular weight is 290 g/mol. The minimum Gasteiger partial charge on any atom is -0.354 e. The molecule has 0 saturated heterocycles. The molecule has 21 heavy (non-hydrogen) atoms. The summed E-state index contributed by atoms with van der Waals surface area (Å²) in [6, 6.07) is 6.06. The van der Waals surface area contributed by atoms with Crippen LogP contribution in [0.1, 0.15) is 44.2 Å². The third kappa shape index (κ3) is 5.58. The van der Waals surface area contributed by atoms with Crippen LogP contribution in [0.3, 0.4) is 0 Å². The first-order valence-corrected chi connectivity index (χ1v) is 7.57. The first kappa shape index (κ1) is 17.2. The van der Waals surface area contributed by atoms with Crippen LogP contribution >= 0.6 is 0 Å². The van der Waals surface area contributed by atoms with Gasteiger partial charge in [-0.3, -0.25) is 9.59 Å². The van der Waals surface area contributed by atoms with Crippen LogP contribution in [0.4, 0.5) is 5.69 Å². The number of carbonyl (C=O) groups excluding carboxylic acids is 2. The number of nitrogens with one attached hydrogen (secondary N) is 1. The van der Waals surface area contributed by atoms with Gasteiger partial charge in [0.15, 0.2) is 0 Å². The number of unbranched alkanes of at least 4 members (excludes halogenated alkanes) is 1. The van der Waals surface area contributed by atoms with Gasteiger partial charge < -0.3 is 10.2 Å². The largest absolute Gasteiger partial charge is 0.354 e. The van der Waals surface area contributed by atoms with Gasteiger partial charge in [0.1, 0.15) is 0 Å². The van der Waals surface area contributed by atoms with Crippen LogP contribution in [0, 0.1) is 13.8 Å². The van der Waals surface area contributed by atoms with Crippen molar-refractivity contribution in [1.29, 1.82) is 0 Å². The Kier molecular flexibility index (Phi) is 6.92. The highest BCUT2D eigenvalue weighted by molar-refractivity contribution is 5.92. The van der Waals surface area contributed by atoms with E-state index in [0.717, 1.165) is 29.7 Å². The highest BCUT2D eigenvalue weighted by Crippen LogP contribution is 2.21. The predicted octanol–water partition coefficient (Wildman–Crippen LogP) is 2.96. The van der Waals surface area contributed by atoms with Crippen molar-refractivity contribution in [2.24, 2.45) is 0 Å². The molecule has 1 rings (SSSR count). The first-order chi connectivity index (χ1) is 9.95. The number of anilines is 1. The standard InChI is InChI=1S/C17H26N2O2/c1-5-6-7-17(21)18-10-11-19(15(4)20)16-12-13(2)8-9-14(16)3/h8-9,12H,5-7,10-11H2,1-4H3,(H,18,21). The van der Waals surface area contributed by atoms with Crippen molar-refractivity contribution >= 4 is 17.5 Å². The zero-order valence-corrected chi connectivity index (χ0v) is 13.5. The molecule has 116 valence electrons. The van der Waals surface area contributed by atoms with Crippen LogP contribution in [0.2, 0.25) is 0 Å². The van der Waals surface area contributed by atoms with Crippen molar-refractivity contribution in [3.05, 3.63) is 29.3 Å². The van der Waals surface area contributed by atoms with Crippen molar-refractivity contribution in [1.82, 2.24) is 5.32 Å². The number of hydrogen-bond donors (Lipinski definition) is 1. The minimum absolute atomic E-state index is 0.00786. The third-order valence-electron chi connectivity index (χ3n) is 3.45. The smallest absolute Gasteiger partial charge is 0.223 e. The number of amides is 2. The van der Waals surface area contributed by atoms with Gasteiger partial charge >= 0.3 is 0 Å². The van der Waals surface area contributed by atoms with E-state index in [-0.39, 0.29) is 11.8 Å². The van der Waals surface area contributed by atoms with Crippen LogP contribution < -0.4 is 10.2 Å². The van der Waals surface area contributed by atoms with Crippen molar-refractivity contribution in [2.45, 2.75) is 47.0 Å². The lowest BCUT2D eigenvalue weighted by molar-refractivity contribution is -0.121. The molecule has 0 bridgehead atoms. The summed E-state index contributed by atoms with van der Waals surface area (Å²) < 4.78 is 0. The molecule has 0 aliphatic rings. The first-order valence-electron chi connectivity index (χ1n) is 7.57. The Labute approximate surface area is 127 Å². The van der Waals surface area contributed by atoms with Gasteiger partial charge in [0.25, 0.3) is 0 Å². The molecule has 0 spiro atoms. The molecule has 1 aromatic rings. The number of aryl methyl sites for hydroxylation is 2. The van der Waals surface area contributed by atoms with Gasteiger partial charge in [0.2, 0.25) is 11.8 Å². The predicted molar refractivity (Wildman–Crippen MR) is 86.5 cm³/mol. The van der Waals surface area contributed by atoms with Crippen LogP contribution in [0.25, 0.3) is 0 Å². The van der Waals surface area contributed by atoms with E-state index in [0.29, 0.717) is 19.5 Å². The van der Waals surface area contributed by atoms with Gasteiger partial charge in [-0.1, -0.05) is 25.5 Å². The summed E-state index contributed by atoms with van der Waals surface area (Å²) in [5, 5.41) is 2.87. The molecule has 0 atom stereocenters. The lowest BCUT2D eigenvalue weighted by Crippen LogP contribution is -2.37. The van der Waals surface area contributed by atoms with Crippen molar-refractivity contribution in [3.63, 3.8) is 0 Å². The number of hydrogen-bond acceptors (Lipinski definition) is 2. The maximum absolute atomic E-state index is 11.9. The van der Waals surface area contributed by atoms with E-state index < -0.39 is 0 Å². The van der Waals surface area contributed by atoms with Crippen molar-refractivity contribution in [3.8, 4) is 0 Å². The second kappa shape index (κ2) is 8.45. The molecule has 0 fully saturated rings. The van der Waals surface area contributed by atoms with E-state index in [1.807, 2.05) is 32.0 Å². The van der Waals surface area contributed by atoms with Crippen LogP contribution in [0.5, 0.6) is 0 Å². The number of benzene rings is 1. The van der Waals surface area contributed by atoms with Gasteiger partial charge in [-0.05, 0) is 37.5 Å². The molecule has 4 heteroatoms.